The molecule has 1 unspecified atom stereocenters. The van der Waals surface area contributed by atoms with Gasteiger partial charge in [0.2, 0.25) is 0 Å². The molecule has 1 atom stereocenters. The third-order valence-corrected chi connectivity index (χ3v) is 3.00. The first-order valence-electron chi connectivity index (χ1n) is 4.83. The van der Waals surface area contributed by atoms with Crippen molar-refractivity contribution in [2.24, 2.45) is 11.1 Å². The lowest BCUT2D eigenvalue weighted by atomic mass is 9.76. The highest BCUT2D eigenvalue weighted by Crippen LogP contribution is 2.33. The SMILES string of the molecule is CC(c1ccccc1)C(C)(C)CN. The standard InChI is InChI=1S/C12H19N/c1-10(12(2,3)9-13)11-7-5-4-6-8-11/h4-8,10H,9,13H2,1-3H3. The summed E-state index contributed by atoms with van der Waals surface area (Å²) in [6.45, 7) is 7.39. The molecule has 72 valence electrons. The monoisotopic (exact) mass is 177 g/mol. The molecule has 0 heterocycles. The minimum absolute atomic E-state index is 0.182. The summed E-state index contributed by atoms with van der Waals surface area (Å²) >= 11 is 0. The van der Waals surface area contributed by atoms with Crippen LogP contribution in [0.4, 0.5) is 0 Å². The summed E-state index contributed by atoms with van der Waals surface area (Å²) in [6.07, 6.45) is 0. The van der Waals surface area contributed by atoms with Crippen LogP contribution < -0.4 is 5.73 Å². The van der Waals surface area contributed by atoms with E-state index < -0.39 is 0 Å². The zero-order valence-corrected chi connectivity index (χ0v) is 8.75. The van der Waals surface area contributed by atoms with Crippen molar-refractivity contribution in [2.45, 2.75) is 26.7 Å². The molecule has 2 N–H and O–H groups in total. The molecule has 0 bridgehead atoms. The minimum Gasteiger partial charge on any atom is -0.330 e. The quantitative estimate of drug-likeness (QED) is 0.755. The van der Waals surface area contributed by atoms with Gasteiger partial charge in [0, 0.05) is 0 Å². The Hall–Kier alpha value is -0.820. The van der Waals surface area contributed by atoms with Crippen molar-refractivity contribution in [3.05, 3.63) is 35.9 Å². The van der Waals surface area contributed by atoms with Crippen molar-refractivity contribution in [1.29, 1.82) is 0 Å². The normalized spacial score (nSPS) is 14.2. The largest absolute Gasteiger partial charge is 0.330 e. The van der Waals surface area contributed by atoms with Crippen LogP contribution in [0.2, 0.25) is 0 Å². The first kappa shape index (κ1) is 10.3. The summed E-state index contributed by atoms with van der Waals surface area (Å²) in [5, 5.41) is 0. The Morgan fingerprint density at radius 1 is 1.23 bits per heavy atom. The Labute approximate surface area is 81.0 Å². The average molecular weight is 177 g/mol. The van der Waals surface area contributed by atoms with Crippen molar-refractivity contribution in [3.63, 3.8) is 0 Å². The van der Waals surface area contributed by atoms with Crippen LogP contribution in [-0.4, -0.2) is 6.54 Å². The minimum atomic E-state index is 0.182. The molecule has 13 heavy (non-hydrogen) atoms. The predicted molar refractivity (Wildman–Crippen MR) is 57.7 cm³/mol. The lowest BCUT2D eigenvalue weighted by molar-refractivity contribution is 0.312. The molecular weight excluding hydrogens is 158 g/mol. The highest BCUT2D eigenvalue weighted by molar-refractivity contribution is 5.20. The zero-order valence-electron chi connectivity index (χ0n) is 8.75. The van der Waals surface area contributed by atoms with E-state index >= 15 is 0 Å². The molecule has 0 saturated carbocycles. The van der Waals surface area contributed by atoms with E-state index in [2.05, 4.69) is 45.0 Å². The van der Waals surface area contributed by atoms with Crippen molar-refractivity contribution < 1.29 is 0 Å². The third-order valence-electron chi connectivity index (χ3n) is 3.00. The Morgan fingerprint density at radius 2 is 1.77 bits per heavy atom. The Bertz CT molecular complexity index is 251. The molecular formula is C12H19N. The van der Waals surface area contributed by atoms with Gasteiger partial charge in [-0.1, -0.05) is 51.1 Å². The molecule has 0 saturated heterocycles. The van der Waals surface area contributed by atoms with Gasteiger partial charge >= 0.3 is 0 Å². The zero-order chi connectivity index (χ0) is 9.90. The molecule has 1 aromatic rings. The number of hydrogen-bond acceptors (Lipinski definition) is 1. The summed E-state index contributed by atoms with van der Waals surface area (Å²) in [5.41, 5.74) is 7.30. The Balaban J connectivity index is 2.85. The van der Waals surface area contributed by atoms with Gasteiger partial charge in [0.15, 0.2) is 0 Å². The molecule has 0 aliphatic heterocycles. The summed E-state index contributed by atoms with van der Waals surface area (Å²) in [6, 6.07) is 10.5. The van der Waals surface area contributed by atoms with Gasteiger partial charge in [0.1, 0.15) is 0 Å². The first-order valence-corrected chi connectivity index (χ1v) is 4.83. The van der Waals surface area contributed by atoms with Crippen molar-refractivity contribution in [2.75, 3.05) is 6.54 Å². The molecule has 1 nitrogen and oxygen atoms in total. The topological polar surface area (TPSA) is 26.0 Å². The van der Waals surface area contributed by atoms with E-state index in [4.69, 9.17) is 5.73 Å². The maximum absolute atomic E-state index is 5.74. The predicted octanol–water partition coefficient (Wildman–Crippen LogP) is 2.78. The summed E-state index contributed by atoms with van der Waals surface area (Å²) in [7, 11) is 0. The number of nitrogens with two attached hydrogens (primary N) is 1. The highest BCUT2D eigenvalue weighted by atomic mass is 14.6. The van der Waals surface area contributed by atoms with Crippen molar-refractivity contribution >= 4 is 0 Å². The van der Waals surface area contributed by atoms with Crippen LogP contribution in [0.5, 0.6) is 0 Å². The third kappa shape index (κ3) is 2.31. The van der Waals surface area contributed by atoms with E-state index in [-0.39, 0.29) is 5.41 Å². The van der Waals surface area contributed by atoms with E-state index in [1.165, 1.54) is 5.56 Å². The van der Waals surface area contributed by atoms with Crippen molar-refractivity contribution in [1.82, 2.24) is 0 Å². The van der Waals surface area contributed by atoms with Crippen molar-refractivity contribution in [3.8, 4) is 0 Å². The fraction of sp³-hybridized carbons (Fsp3) is 0.500. The highest BCUT2D eigenvalue weighted by Gasteiger charge is 2.24. The van der Waals surface area contributed by atoms with Crippen LogP contribution in [-0.2, 0) is 0 Å². The smallest absolute Gasteiger partial charge is 0.00201 e. The van der Waals surface area contributed by atoms with Gasteiger partial charge in [-0.05, 0) is 23.4 Å². The molecule has 0 radical (unpaired) electrons. The maximum Gasteiger partial charge on any atom is -0.00201 e. The van der Waals surface area contributed by atoms with Gasteiger partial charge in [-0.3, -0.25) is 0 Å². The van der Waals surface area contributed by atoms with E-state index in [1.54, 1.807) is 0 Å². The molecule has 1 rings (SSSR count). The Kier molecular flexibility index (Phi) is 3.10. The summed E-state index contributed by atoms with van der Waals surface area (Å²) < 4.78 is 0. The lowest BCUT2D eigenvalue weighted by Gasteiger charge is -2.30. The number of benzene rings is 1. The van der Waals surface area contributed by atoms with Gasteiger partial charge in [-0.2, -0.15) is 0 Å². The fourth-order valence-electron chi connectivity index (χ4n) is 1.37. The van der Waals surface area contributed by atoms with Gasteiger partial charge in [-0.25, -0.2) is 0 Å². The van der Waals surface area contributed by atoms with Crippen LogP contribution in [0.1, 0.15) is 32.3 Å². The Morgan fingerprint density at radius 3 is 2.23 bits per heavy atom. The molecule has 0 aliphatic rings. The number of rotatable bonds is 3. The van der Waals surface area contributed by atoms with E-state index in [0.29, 0.717) is 5.92 Å². The molecule has 0 aromatic heterocycles. The molecule has 1 aromatic carbocycles. The van der Waals surface area contributed by atoms with Gasteiger partial charge < -0.3 is 5.73 Å². The van der Waals surface area contributed by atoms with Gasteiger partial charge in [-0.15, -0.1) is 0 Å². The van der Waals surface area contributed by atoms with Crippen LogP contribution in [0.3, 0.4) is 0 Å². The second-order valence-corrected chi connectivity index (χ2v) is 4.33. The summed E-state index contributed by atoms with van der Waals surface area (Å²) in [4.78, 5) is 0. The van der Waals surface area contributed by atoms with E-state index in [9.17, 15) is 0 Å². The summed E-state index contributed by atoms with van der Waals surface area (Å²) in [5.74, 6) is 0.513. The van der Waals surface area contributed by atoms with Crippen LogP contribution in [0, 0.1) is 5.41 Å². The van der Waals surface area contributed by atoms with Gasteiger partial charge in [0.25, 0.3) is 0 Å². The average Bonchev–Trinajstić information content (AvgIpc) is 2.18. The molecule has 0 aliphatic carbocycles. The first-order chi connectivity index (χ1) is 6.08. The number of hydrogen-bond donors (Lipinski definition) is 1. The molecule has 1 heteroatoms. The maximum atomic E-state index is 5.74. The van der Waals surface area contributed by atoms with E-state index in [1.807, 2.05) is 6.07 Å². The van der Waals surface area contributed by atoms with E-state index in [0.717, 1.165) is 6.54 Å². The fourth-order valence-corrected chi connectivity index (χ4v) is 1.37. The molecule has 0 amide bonds. The molecule has 0 spiro atoms. The van der Waals surface area contributed by atoms with Crippen LogP contribution in [0.15, 0.2) is 30.3 Å². The second kappa shape index (κ2) is 3.93. The van der Waals surface area contributed by atoms with Crippen LogP contribution >= 0.6 is 0 Å². The van der Waals surface area contributed by atoms with Crippen LogP contribution in [0.25, 0.3) is 0 Å². The molecule has 0 fully saturated rings. The lowest BCUT2D eigenvalue weighted by Crippen LogP contribution is -2.29. The second-order valence-electron chi connectivity index (χ2n) is 4.33. The van der Waals surface area contributed by atoms with Gasteiger partial charge in [0.05, 0.1) is 0 Å².